The molecule has 57 valence electrons. The molecule has 0 aliphatic carbocycles. The third-order valence-corrected chi connectivity index (χ3v) is 1.26. The molecule has 1 heteroatoms. The molecular weight excluding hydrogens is 248 g/mol. The molecule has 0 aromatic rings. The molecule has 0 nitrogen and oxygen atoms in total. The third kappa shape index (κ3) is 12.7. The van der Waals surface area contributed by atoms with Crippen LogP contribution < -0.4 is 0 Å². The number of hydrogen-bond donors (Lipinski definition) is 0. The van der Waals surface area contributed by atoms with Crippen LogP contribution in [0, 0.1) is 56.3 Å². The van der Waals surface area contributed by atoms with E-state index >= 15 is 0 Å². The molecule has 0 aromatic carbocycles. The van der Waals surface area contributed by atoms with Crippen molar-refractivity contribution in [2.45, 2.75) is 45.4 Å². The van der Waals surface area contributed by atoms with E-state index in [2.05, 4.69) is 13.8 Å². The Morgan fingerprint density at radius 3 is 2.22 bits per heavy atom. The van der Waals surface area contributed by atoms with Gasteiger partial charge < -0.3 is 6.92 Å². The summed E-state index contributed by atoms with van der Waals surface area (Å²) in [5, 5.41) is 0. The second-order valence-corrected chi connectivity index (χ2v) is 2.14. The Balaban J connectivity index is 0. The van der Waals surface area contributed by atoms with Gasteiger partial charge in [0.2, 0.25) is 0 Å². The fourth-order valence-corrected chi connectivity index (χ4v) is 0.715. The maximum Gasteiger partial charge on any atom is 0 e. The average molecular weight is 266 g/mol. The van der Waals surface area contributed by atoms with E-state index in [0.29, 0.717) is 0 Å². The molecule has 1 radical (unpaired) electrons. The molecular formula is C8H17Eu-. The number of unbranched alkanes of at least 4 members (excludes halogenated alkanes) is 3. The maximum atomic E-state index is 7.10. The van der Waals surface area contributed by atoms with Gasteiger partial charge in [0, 0.05) is 49.4 Å². The van der Waals surface area contributed by atoms with Crippen molar-refractivity contribution in [1.29, 1.82) is 0 Å². The van der Waals surface area contributed by atoms with Crippen molar-refractivity contribution in [3.05, 3.63) is 6.92 Å². The quantitative estimate of drug-likeness (QED) is 0.529. The molecule has 1 unspecified atom stereocenters. The van der Waals surface area contributed by atoms with Crippen molar-refractivity contribution in [3.63, 3.8) is 0 Å². The van der Waals surface area contributed by atoms with E-state index in [-0.39, 0.29) is 55.8 Å². The van der Waals surface area contributed by atoms with Gasteiger partial charge in [0.1, 0.15) is 0 Å². The van der Waals surface area contributed by atoms with Crippen molar-refractivity contribution < 1.29 is 50.7 Å². The van der Waals surface area contributed by atoms with Gasteiger partial charge in [0.25, 0.3) is 0 Å². The predicted molar refractivity (Wildman–Crippen MR) is 38.7 cm³/mol. The minimum Gasteiger partial charge on any atom is -0.343 e. The van der Waals surface area contributed by atoms with Crippen LogP contribution in [0.4, 0.5) is 0 Å². The summed E-state index contributed by atoms with van der Waals surface area (Å²) in [6.07, 6.45) is 5.93. The summed E-state index contributed by atoms with van der Waals surface area (Å²) < 4.78 is 7.10. The smallest absolute Gasteiger partial charge is 0 e. The van der Waals surface area contributed by atoms with Gasteiger partial charge in [-0.15, -0.1) is 0 Å². The Labute approximate surface area is 102 Å². The Bertz CT molecular complexity index is 55.2. The average Bonchev–Trinajstić information content (AvgIpc) is 1.80. The van der Waals surface area contributed by atoms with Gasteiger partial charge in [-0.2, -0.15) is 6.40 Å². The van der Waals surface area contributed by atoms with Crippen molar-refractivity contribution >= 4 is 0 Å². The second-order valence-electron chi connectivity index (χ2n) is 2.14. The van der Waals surface area contributed by atoms with E-state index in [4.69, 9.17) is 1.37 Å². The normalized spacial score (nSPS) is 13.8. The van der Waals surface area contributed by atoms with E-state index < -0.39 is 0 Å². The van der Waals surface area contributed by atoms with E-state index in [1.807, 2.05) is 0 Å². The second kappa shape index (κ2) is 12.3. The largest absolute Gasteiger partial charge is 0.343 e. The summed E-state index contributed by atoms with van der Waals surface area (Å²) in [4.78, 5) is 0. The predicted octanol–water partition coefficient (Wildman–Crippen LogP) is 3.18. The van der Waals surface area contributed by atoms with Gasteiger partial charge in [-0.3, -0.25) is 0 Å². The molecule has 0 rings (SSSR count). The summed E-state index contributed by atoms with van der Waals surface area (Å²) >= 11 is 0. The van der Waals surface area contributed by atoms with Gasteiger partial charge in [0.15, 0.2) is 0 Å². The Morgan fingerprint density at radius 1 is 1.22 bits per heavy atom. The van der Waals surface area contributed by atoms with Gasteiger partial charge in [-0.1, -0.05) is 39.0 Å². The molecule has 0 amide bonds. The molecule has 0 aromatic heterocycles. The van der Waals surface area contributed by atoms with Crippen LogP contribution in [0.2, 0.25) is 0 Å². The molecule has 0 N–H and O–H groups in total. The SMILES string of the molecule is [2H]C([CH2-])CCCCCC.[Eu]. The molecule has 0 bridgehead atoms. The van der Waals surface area contributed by atoms with E-state index in [1.54, 1.807) is 0 Å². The van der Waals surface area contributed by atoms with Crippen LogP contribution in [0.25, 0.3) is 0 Å². The van der Waals surface area contributed by atoms with Crippen LogP contribution in [0.1, 0.15) is 46.8 Å². The molecule has 0 aliphatic heterocycles. The molecule has 1 atom stereocenters. The van der Waals surface area contributed by atoms with Crippen LogP contribution >= 0.6 is 0 Å². The summed E-state index contributed by atoms with van der Waals surface area (Å²) in [7, 11) is 0. The van der Waals surface area contributed by atoms with E-state index in [1.165, 1.54) is 25.7 Å². The van der Waals surface area contributed by atoms with E-state index in [0.717, 1.165) is 6.42 Å². The van der Waals surface area contributed by atoms with Gasteiger partial charge >= 0.3 is 0 Å². The van der Waals surface area contributed by atoms with Crippen LogP contribution in [-0.4, -0.2) is 0 Å². The van der Waals surface area contributed by atoms with Gasteiger partial charge in [-0.25, -0.2) is 0 Å². The zero-order valence-corrected chi connectivity index (χ0v) is 8.62. The summed E-state index contributed by atoms with van der Waals surface area (Å²) in [6.45, 7) is 5.80. The first-order valence-corrected chi connectivity index (χ1v) is 3.52. The molecule has 0 fully saturated rings. The molecule has 0 aliphatic rings. The zero-order valence-electron chi connectivity index (χ0n) is 7.20. The number of hydrogen-bond acceptors (Lipinski definition) is 0. The van der Waals surface area contributed by atoms with Crippen LogP contribution in [-0.2, 0) is 0 Å². The molecule has 9 heavy (non-hydrogen) atoms. The first kappa shape index (κ1) is 10.6. The third-order valence-electron chi connectivity index (χ3n) is 1.26. The minimum absolute atomic E-state index is 0. The first-order chi connectivity index (χ1) is 4.27. The summed E-state index contributed by atoms with van der Waals surface area (Å²) in [6, 6.07) is 0. The van der Waals surface area contributed by atoms with Crippen molar-refractivity contribution in [1.82, 2.24) is 0 Å². The molecule has 0 saturated carbocycles. The number of rotatable bonds is 5. The Kier molecular flexibility index (Phi) is 14.4. The van der Waals surface area contributed by atoms with E-state index in [9.17, 15) is 0 Å². The van der Waals surface area contributed by atoms with Crippen LogP contribution in [0.15, 0.2) is 0 Å². The van der Waals surface area contributed by atoms with Crippen LogP contribution in [0.3, 0.4) is 0 Å². The fourth-order valence-electron chi connectivity index (χ4n) is 0.715. The Morgan fingerprint density at radius 2 is 1.78 bits per heavy atom. The first-order valence-electron chi connectivity index (χ1n) is 4.10. The van der Waals surface area contributed by atoms with Crippen LogP contribution in [0.5, 0.6) is 0 Å². The van der Waals surface area contributed by atoms with Gasteiger partial charge in [-0.05, 0) is 1.37 Å². The Hall–Kier alpha value is 1.58. The fraction of sp³-hybridized carbons (Fsp3) is 0.875. The van der Waals surface area contributed by atoms with Crippen molar-refractivity contribution in [3.8, 4) is 0 Å². The molecule has 0 spiro atoms. The topological polar surface area (TPSA) is 0 Å². The maximum absolute atomic E-state index is 7.10. The standard InChI is InChI=1S/C8H17.Eu/c1-3-5-7-8-6-4-2;/h1,3-8H2,2H3;/q-1;/i3D;. The van der Waals surface area contributed by atoms with Crippen molar-refractivity contribution in [2.75, 3.05) is 0 Å². The minimum atomic E-state index is -0.0955. The van der Waals surface area contributed by atoms with Gasteiger partial charge in [0.05, 0.1) is 0 Å². The molecule has 0 heterocycles. The zero-order chi connectivity index (χ0) is 7.11. The monoisotopic (exact) mass is 267 g/mol. The van der Waals surface area contributed by atoms with Crippen molar-refractivity contribution in [2.24, 2.45) is 0 Å². The molecule has 0 saturated heterocycles. The summed E-state index contributed by atoms with van der Waals surface area (Å²) in [5.41, 5.74) is 0. The summed E-state index contributed by atoms with van der Waals surface area (Å²) in [5.74, 6) is 0.